The topological polar surface area (TPSA) is 68.7 Å². The normalized spacial score (nSPS) is 12.0. The van der Waals surface area contributed by atoms with Crippen molar-refractivity contribution in [2.75, 3.05) is 13.7 Å². The van der Waals surface area contributed by atoms with Crippen LogP contribution < -0.4 is 4.74 Å². The van der Waals surface area contributed by atoms with E-state index in [1.165, 1.54) is 31.4 Å². The molecule has 26 heavy (non-hydrogen) atoms. The maximum absolute atomic E-state index is 13.6. The lowest BCUT2D eigenvalue weighted by Gasteiger charge is -2.15. The first kappa shape index (κ1) is 17.8. The minimum atomic E-state index is -0.867. The molecule has 1 unspecified atom stereocenters. The van der Waals surface area contributed by atoms with Crippen molar-refractivity contribution >= 4 is 16.9 Å². The summed E-state index contributed by atoms with van der Waals surface area (Å²) in [4.78, 5) is 16.0. The smallest absolute Gasteiger partial charge is 0.356 e. The van der Waals surface area contributed by atoms with Crippen molar-refractivity contribution in [3.63, 3.8) is 0 Å². The number of pyridine rings is 1. The first-order valence-electron chi connectivity index (χ1n) is 8.04. The average molecular weight is 355 g/mol. The Balaban J connectivity index is 1.91. The van der Waals surface area contributed by atoms with E-state index >= 15 is 0 Å². The lowest BCUT2D eigenvalue weighted by Crippen LogP contribution is -2.11. The molecule has 1 atom stereocenters. The number of hydrogen-bond acceptors (Lipinski definition) is 5. The maximum Gasteiger partial charge on any atom is 0.356 e. The number of fused-ring (bicyclic) bond motifs is 1. The van der Waals surface area contributed by atoms with Crippen LogP contribution in [0.4, 0.5) is 4.39 Å². The van der Waals surface area contributed by atoms with Gasteiger partial charge in [0.25, 0.3) is 0 Å². The number of aryl methyl sites for hydroxylation is 1. The maximum atomic E-state index is 13.6. The molecular formula is C20H18FNO4. The van der Waals surface area contributed by atoms with Crippen LogP contribution >= 0.6 is 0 Å². The minimum absolute atomic E-state index is 0.0476. The summed E-state index contributed by atoms with van der Waals surface area (Å²) in [5.74, 6) is -0.824. The number of nitrogens with zero attached hydrogens (tertiary/aromatic N) is 1. The van der Waals surface area contributed by atoms with Crippen molar-refractivity contribution in [1.29, 1.82) is 0 Å². The third-order valence-electron chi connectivity index (χ3n) is 3.99. The van der Waals surface area contributed by atoms with Gasteiger partial charge < -0.3 is 14.6 Å². The Bertz CT molecular complexity index is 940. The van der Waals surface area contributed by atoms with E-state index in [2.05, 4.69) is 9.72 Å². The second-order valence-corrected chi connectivity index (χ2v) is 5.90. The van der Waals surface area contributed by atoms with Gasteiger partial charge in [0, 0.05) is 11.5 Å². The van der Waals surface area contributed by atoms with Crippen LogP contribution in [-0.2, 0) is 4.74 Å². The highest BCUT2D eigenvalue weighted by Gasteiger charge is 2.16. The number of aliphatic hydroxyl groups is 1. The molecule has 0 amide bonds. The van der Waals surface area contributed by atoms with E-state index in [-0.39, 0.29) is 18.1 Å². The number of halogens is 1. The molecule has 0 aliphatic rings. The largest absolute Gasteiger partial charge is 0.490 e. The number of benzene rings is 2. The van der Waals surface area contributed by atoms with Crippen LogP contribution in [0.25, 0.3) is 10.9 Å². The highest BCUT2D eigenvalue weighted by atomic mass is 19.1. The Labute approximate surface area is 150 Å². The summed E-state index contributed by atoms with van der Waals surface area (Å²) in [5, 5.41) is 10.7. The molecule has 0 spiro atoms. The first-order valence-corrected chi connectivity index (χ1v) is 8.04. The van der Waals surface area contributed by atoms with Gasteiger partial charge in [-0.25, -0.2) is 14.2 Å². The molecule has 0 aliphatic heterocycles. The summed E-state index contributed by atoms with van der Waals surface area (Å²) in [6.45, 7) is 1.90. The zero-order valence-corrected chi connectivity index (χ0v) is 14.4. The summed E-state index contributed by atoms with van der Waals surface area (Å²) in [6.07, 6.45) is -0.867. The number of aliphatic hydroxyl groups excluding tert-OH is 1. The Hall–Kier alpha value is -2.99. The Kier molecular flexibility index (Phi) is 5.14. The van der Waals surface area contributed by atoms with Gasteiger partial charge in [-0.2, -0.15) is 0 Å². The van der Waals surface area contributed by atoms with Gasteiger partial charge in [0.1, 0.15) is 24.3 Å². The quantitative estimate of drug-likeness (QED) is 0.709. The number of ether oxygens (including phenoxy) is 2. The molecule has 1 aromatic heterocycles. The highest BCUT2D eigenvalue weighted by molar-refractivity contribution is 5.94. The summed E-state index contributed by atoms with van der Waals surface area (Å²) >= 11 is 0. The van der Waals surface area contributed by atoms with Crippen LogP contribution in [0.2, 0.25) is 0 Å². The molecule has 1 N–H and O–H groups in total. The van der Waals surface area contributed by atoms with E-state index < -0.39 is 17.9 Å². The number of carbonyl (C=O) groups is 1. The minimum Gasteiger partial charge on any atom is -0.490 e. The number of rotatable bonds is 5. The molecular weight excluding hydrogens is 337 g/mol. The van der Waals surface area contributed by atoms with Crippen molar-refractivity contribution in [3.05, 3.63) is 71.2 Å². The number of aromatic nitrogens is 1. The number of hydrogen-bond donors (Lipinski definition) is 1. The number of carbonyl (C=O) groups excluding carboxylic acids is 1. The fourth-order valence-corrected chi connectivity index (χ4v) is 2.55. The third kappa shape index (κ3) is 3.81. The summed E-state index contributed by atoms with van der Waals surface area (Å²) < 4.78 is 24.0. The summed E-state index contributed by atoms with van der Waals surface area (Å²) in [7, 11) is 1.25. The van der Waals surface area contributed by atoms with Crippen molar-refractivity contribution < 1.29 is 23.8 Å². The lowest BCUT2D eigenvalue weighted by molar-refractivity contribution is 0.0593. The van der Waals surface area contributed by atoms with Crippen molar-refractivity contribution in [2.24, 2.45) is 0 Å². The first-order chi connectivity index (χ1) is 12.5. The molecule has 0 saturated heterocycles. The molecule has 0 aliphatic carbocycles. The molecule has 5 nitrogen and oxygen atoms in total. The van der Waals surface area contributed by atoms with E-state index in [1.807, 2.05) is 31.2 Å². The molecule has 3 aromatic rings. The summed E-state index contributed by atoms with van der Waals surface area (Å²) in [5.41, 5.74) is 2.23. The van der Waals surface area contributed by atoms with Gasteiger partial charge >= 0.3 is 5.97 Å². The SMILES string of the molecule is COC(=O)c1cc(OCC(O)c2ccc(C)cc2)c2cc(F)ccc2n1. The van der Waals surface area contributed by atoms with Crippen LogP contribution in [0.5, 0.6) is 5.75 Å². The van der Waals surface area contributed by atoms with Crippen LogP contribution in [0.15, 0.2) is 48.5 Å². The van der Waals surface area contributed by atoms with Gasteiger partial charge in [-0.1, -0.05) is 29.8 Å². The van der Waals surface area contributed by atoms with Crippen LogP contribution in [0.3, 0.4) is 0 Å². The molecule has 0 fully saturated rings. The average Bonchev–Trinajstić information content (AvgIpc) is 2.65. The second-order valence-electron chi connectivity index (χ2n) is 5.90. The van der Waals surface area contributed by atoms with E-state index in [0.29, 0.717) is 16.5 Å². The Morgan fingerprint density at radius 2 is 1.92 bits per heavy atom. The molecule has 0 radical (unpaired) electrons. The molecule has 6 heteroatoms. The van der Waals surface area contributed by atoms with Crippen LogP contribution in [0, 0.1) is 12.7 Å². The van der Waals surface area contributed by atoms with E-state index in [9.17, 15) is 14.3 Å². The fraction of sp³-hybridized carbons (Fsp3) is 0.200. The zero-order valence-electron chi connectivity index (χ0n) is 14.4. The molecule has 134 valence electrons. The van der Waals surface area contributed by atoms with Gasteiger partial charge in [0.05, 0.1) is 12.6 Å². The molecule has 1 heterocycles. The molecule has 0 saturated carbocycles. The Morgan fingerprint density at radius 3 is 2.62 bits per heavy atom. The molecule has 0 bridgehead atoms. The van der Waals surface area contributed by atoms with Gasteiger partial charge in [-0.15, -0.1) is 0 Å². The van der Waals surface area contributed by atoms with Gasteiger partial charge in [-0.05, 0) is 30.7 Å². The number of esters is 1. The standard InChI is InChI=1S/C20H18FNO4/c1-12-3-5-13(6-4-12)18(23)11-26-19-10-17(20(24)25-2)22-16-8-7-14(21)9-15(16)19/h3-10,18,23H,11H2,1-2H3. The lowest BCUT2D eigenvalue weighted by atomic mass is 10.1. The summed E-state index contributed by atoms with van der Waals surface area (Å²) in [6, 6.07) is 12.8. The highest BCUT2D eigenvalue weighted by Crippen LogP contribution is 2.28. The predicted molar refractivity (Wildman–Crippen MR) is 94.7 cm³/mol. The monoisotopic (exact) mass is 355 g/mol. The van der Waals surface area contributed by atoms with Crippen molar-refractivity contribution in [1.82, 2.24) is 4.98 Å². The Morgan fingerprint density at radius 1 is 1.19 bits per heavy atom. The van der Waals surface area contributed by atoms with E-state index in [0.717, 1.165) is 5.56 Å². The van der Waals surface area contributed by atoms with E-state index in [1.54, 1.807) is 0 Å². The van der Waals surface area contributed by atoms with E-state index in [4.69, 9.17) is 4.74 Å². The zero-order chi connectivity index (χ0) is 18.7. The third-order valence-corrected chi connectivity index (χ3v) is 3.99. The van der Waals surface area contributed by atoms with Gasteiger partial charge in [0.15, 0.2) is 5.69 Å². The molecule has 3 rings (SSSR count). The predicted octanol–water partition coefficient (Wildman–Crippen LogP) is 3.58. The molecule has 2 aromatic carbocycles. The van der Waals surface area contributed by atoms with Crippen molar-refractivity contribution in [2.45, 2.75) is 13.0 Å². The fourth-order valence-electron chi connectivity index (χ4n) is 2.55. The van der Waals surface area contributed by atoms with Crippen LogP contribution in [-0.4, -0.2) is 29.8 Å². The van der Waals surface area contributed by atoms with Gasteiger partial charge in [-0.3, -0.25) is 0 Å². The van der Waals surface area contributed by atoms with Gasteiger partial charge in [0.2, 0.25) is 0 Å². The van der Waals surface area contributed by atoms with Crippen molar-refractivity contribution in [3.8, 4) is 5.75 Å². The second kappa shape index (κ2) is 7.49. The number of methoxy groups -OCH3 is 1. The van der Waals surface area contributed by atoms with Crippen LogP contribution in [0.1, 0.15) is 27.7 Å².